The number of aromatic nitrogens is 2. The number of hydrogen-bond donors (Lipinski definition) is 1. The van der Waals surface area contributed by atoms with Crippen molar-refractivity contribution in [2.75, 3.05) is 6.61 Å². The molecule has 0 saturated heterocycles. The van der Waals surface area contributed by atoms with Gasteiger partial charge in [-0.15, -0.1) is 11.3 Å². The highest BCUT2D eigenvalue weighted by Crippen LogP contribution is 2.28. The quantitative estimate of drug-likeness (QED) is 0.941. The molecule has 5 heteroatoms. The molecule has 0 radical (unpaired) electrons. The molecule has 0 spiro atoms. The van der Waals surface area contributed by atoms with Gasteiger partial charge in [0.2, 0.25) is 0 Å². The van der Waals surface area contributed by atoms with Gasteiger partial charge >= 0.3 is 0 Å². The zero-order valence-corrected chi connectivity index (χ0v) is 10.7. The lowest BCUT2D eigenvalue weighted by atomic mass is 10.3. The minimum atomic E-state index is 0.124. The van der Waals surface area contributed by atoms with Crippen molar-refractivity contribution in [2.24, 2.45) is 7.05 Å². The fraction of sp³-hybridized carbons (Fsp3) is 0.300. The van der Waals surface area contributed by atoms with E-state index in [9.17, 15) is 0 Å². The zero-order valence-electron chi connectivity index (χ0n) is 8.27. The van der Waals surface area contributed by atoms with E-state index in [0.717, 1.165) is 21.0 Å². The maximum atomic E-state index is 8.91. The van der Waals surface area contributed by atoms with E-state index in [0.29, 0.717) is 6.42 Å². The molecule has 0 aromatic carbocycles. The second kappa shape index (κ2) is 4.47. The van der Waals surface area contributed by atoms with Crippen molar-refractivity contribution in [3.8, 4) is 10.7 Å². The van der Waals surface area contributed by atoms with Crippen LogP contribution in [-0.4, -0.2) is 21.3 Å². The van der Waals surface area contributed by atoms with Crippen molar-refractivity contribution >= 4 is 27.3 Å². The number of imidazole rings is 1. The van der Waals surface area contributed by atoms with E-state index in [4.69, 9.17) is 5.11 Å². The largest absolute Gasteiger partial charge is 0.396 e. The predicted octanol–water partition coefficient (Wildman–Crippen LogP) is 2.45. The summed E-state index contributed by atoms with van der Waals surface area (Å²) in [4.78, 5) is 5.65. The van der Waals surface area contributed by atoms with Gasteiger partial charge < -0.3 is 9.67 Å². The van der Waals surface area contributed by atoms with E-state index >= 15 is 0 Å². The van der Waals surface area contributed by atoms with Crippen molar-refractivity contribution in [1.82, 2.24) is 9.55 Å². The molecule has 2 aromatic heterocycles. The van der Waals surface area contributed by atoms with E-state index in [1.165, 1.54) is 0 Å². The maximum absolute atomic E-state index is 8.91. The molecule has 1 N–H and O–H groups in total. The van der Waals surface area contributed by atoms with Gasteiger partial charge in [0.15, 0.2) is 5.82 Å². The number of aliphatic hydroxyl groups is 1. The van der Waals surface area contributed by atoms with Gasteiger partial charge in [0.05, 0.1) is 10.6 Å². The van der Waals surface area contributed by atoms with Crippen LogP contribution in [0.1, 0.15) is 5.69 Å². The lowest BCUT2D eigenvalue weighted by molar-refractivity contribution is 0.298. The Morgan fingerprint density at radius 2 is 2.40 bits per heavy atom. The van der Waals surface area contributed by atoms with Crippen molar-refractivity contribution in [1.29, 1.82) is 0 Å². The lowest BCUT2D eigenvalue weighted by Gasteiger charge is -1.98. The lowest BCUT2D eigenvalue weighted by Crippen LogP contribution is -1.92. The molecule has 0 atom stereocenters. The summed E-state index contributed by atoms with van der Waals surface area (Å²) in [6.07, 6.45) is 0.583. The Labute approximate surface area is 101 Å². The van der Waals surface area contributed by atoms with Gasteiger partial charge in [-0.25, -0.2) is 4.98 Å². The van der Waals surface area contributed by atoms with Crippen LogP contribution in [0.3, 0.4) is 0 Å². The molecular formula is C10H11BrN2OS. The molecule has 0 aliphatic carbocycles. The molecule has 15 heavy (non-hydrogen) atoms. The summed E-state index contributed by atoms with van der Waals surface area (Å²) in [6.45, 7) is 0.124. The van der Waals surface area contributed by atoms with Crippen LogP contribution in [0.15, 0.2) is 22.1 Å². The SMILES string of the molecule is Cn1c(-c2cccs2)nc(CCO)c1Br. The van der Waals surface area contributed by atoms with E-state index in [1.807, 2.05) is 29.1 Å². The second-order valence-electron chi connectivity index (χ2n) is 3.18. The van der Waals surface area contributed by atoms with Crippen LogP contribution in [-0.2, 0) is 13.5 Å². The van der Waals surface area contributed by atoms with Crippen molar-refractivity contribution in [3.63, 3.8) is 0 Å². The predicted molar refractivity (Wildman–Crippen MR) is 65.0 cm³/mol. The minimum absolute atomic E-state index is 0.124. The van der Waals surface area contributed by atoms with Crippen LogP contribution < -0.4 is 0 Å². The Kier molecular flexibility index (Phi) is 3.23. The Bertz CT molecular complexity index is 450. The monoisotopic (exact) mass is 286 g/mol. The van der Waals surface area contributed by atoms with E-state index in [-0.39, 0.29) is 6.61 Å². The molecule has 3 nitrogen and oxygen atoms in total. The first-order valence-electron chi connectivity index (χ1n) is 4.60. The molecule has 0 saturated carbocycles. The highest BCUT2D eigenvalue weighted by molar-refractivity contribution is 9.10. The van der Waals surface area contributed by atoms with Crippen LogP contribution >= 0.6 is 27.3 Å². The molecule has 0 bridgehead atoms. The number of halogens is 1. The zero-order chi connectivity index (χ0) is 10.8. The van der Waals surface area contributed by atoms with Gasteiger partial charge in [-0.05, 0) is 27.4 Å². The van der Waals surface area contributed by atoms with Crippen molar-refractivity contribution in [3.05, 3.63) is 27.8 Å². The summed E-state index contributed by atoms with van der Waals surface area (Å²) >= 11 is 5.15. The standard InChI is InChI=1S/C10H11BrN2OS/c1-13-9(11)7(4-5-14)12-10(13)8-3-2-6-15-8/h2-3,6,14H,4-5H2,1H3. The van der Waals surface area contributed by atoms with Crippen molar-refractivity contribution in [2.45, 2.75) is 6.42 Å². The van der Waals surface area contributed by atoms with Crippen LogP contribution in [0.25, 0.3) is 10.7 Å². The highest BCUT2D eigenvalue weighted by atomic mass is 79.9. The average Bonchev–Trinajstić information content (AvgIpc) is 2.82. The fourth-order valence-electron chi connectivity index (χ4n) is 1.43. The highest BCUT2D eigenvalue weighted by Gasteiger charge is 2.13. The number of aliphatic hydroxyl groups excluding tert-OH is 1. The second-order valence-corrected chi connectivity index (χ2v) is 4.88. The van der Waals surface area contributed by atoms with Gasteiger partial charge in [-0.3, -0.25) is 0 Å². The number of thiophene rings is 1. The van der Waals surface area contributed by atoms with Gasteiger partial charge in [0.1, 0.15) is 4.60 Å². The first kappa shape index (κ1) is 10.9. The molecule has 0 aliphatic heterocycles. The molecule has 0 aliphatic rings. The summed E-state index contributed by atoms with van der Waals surface area (Å²) in [5.41, 5.74) is 0.906. The van der Waals surface area contributed by atoms with Crippen molar-refractivity contribution < 1.29 is 5.11 Å². The summed E-state index contributed by atoms with van der Waals surface area (Å²) < 4.78 is 2.94. The maximum Gasteiger partial charge on any atom is 0.150 e. The van der Waals surface area contributed by atoms with Crippen LogP contribution in [0, 0.1) is 0 Å². The average molecular weight is 287 g/mol. The van der Waals surface area contributed by atoms with Gasteiger partial charge in [-0.2, -0.15) is 0 Å². The first-order valence-corrected chi connectivity index (χ1v) is 6.27. The Hall–Kier alpha value is -0.650. The van der Waals surface area contributed by atoms with Crippen LogP contribution in [0.5, 0.6) is 0 Å². The van der Waals surface area contributed by atoms with Crippen LogP contribution in [0.2, 0.25) is 0 Å². The summed E-state index contributed by atoms with van der Waals surface area (Å²) in [6, 6.07) is 4.05. The van der Waals surface area contributed by atoms with Gasteiger partial charge in [-0.1, -0.05) is 6.07 Å². The molecule has 2 aromatic rings. The normalized spacial score (nSPS) is 10.9. The molecule has 0 amide bonds. The Morgan fingerprint density at radius 3 is 3.00 bits per heavy atom. The Morgan fingerprint density at radius 1 is 1.60 bits per heavy atom. The summed E-state index contributed by atoms with van der Waals surface area (Å²) in [5, 5.41) is 10.9. The number of nitrogens with zero attached hydrogens (tertiary/aromatic N) is 2. The first-order chi connectivity index (χ1) is 7.24. The van der Waals surface area contributed by atoms with Gasteiger partial charge in [0, 0.05) is 20.1 Å². The number of rotatable bonds is 3. The molecule has 80 valence electrons. The van der Waals surface area contributed by atoms with Crippen LogP contribution in [0.4, 0.5) is 0 Å². The van der Waals surface area contributed by atoms with E-state index in [1.54, 1.807) is 11.3 Å². The number of hydrogen-bond acceptors (Lipinski definition) is 3. The molecular weight excluding hydrogens is 276 g/mol. The minimum Gasteiger partial charge on any atom is -0.396 e. The third-order valence-electron chi connectivity index (χ3n) is 2.18. The topological polar surface area (TPSA) is 38.0 Å². The third-order valence-corrected chi connectivity index (χ3v) is 4.04. The van der Waals surface area contributed by atoms with Gasteiger partial charge in [0.25, 0.3) is 0 Å². The summed E-state index contributed by atoms with van der Waals surface area (Å²) in [5.74, 6) is 0.945. The Balaban J connectivity index is 2.45. The molecule has 2 heterocycles. The smallest absolute Gasteiger partial charge is 0.150 e. The molecule has 0 fully saturated rings. The summed E-state index contributed by atoms with van der Waals surface area (Å²) in [7, 11) is 1.97. The van der Waals surface area contributed by atoms with E-state index < -0.39 is 0 Å². The molecule has 0 unspecified atom stereocenters. The van der Waals surface area contributed by atoms with E-state index in [2.05, 4.69) is 20.9 Å². The third kappa shape index (κ3) is 2.00. The fourth-order valence-corrected chi connectivity index (χ4v) is 2.63. The molecule has 2 rings (SSSR count).